The number of amides is 1. The molecule has 4 rings (SSSR count). The number of nitrogens with one attached hydrogen (secondary N) is 1. The normalized spacial score (nSPS) is 14.8. The lowest BCUT2D eigenvalue weighted by Gasteiger charge is -2.33. The van der Waals surface area contributed by atoms with Crippen LogP contribution in [0.4, 0.5) is 5.82 Å². The molecule has 0 bridgehead atoms. The molecule has 1 aliphatic rings. The second-order valence-corrected chi connectivity index (χ2v) is 9.59. The zero-order chi connectivity index (χ0) is 21.3. The summed E-state index contributed by atoms with van der Waals surface area (Å²) in [4.78, 5) is 39.1. The maximum atomic E-state index is 12.4. The van der Waals surface area contributed by atoms with Crippen LogP contribution in [0.15, 0.2) is 18.5 Å². The van der Waals surface area contributed by atoms with E-state index in [9.17, 15) is 9.59 Å². The highest BCUT2D eigenvalue weighted by Crippen LogP contribution is 2.36. The van der Waals surface area contributed by atoms with E-state index in [0.717, 1.165) is 57.3 Å². The van der Waals surface area contributed by atoms with Gasteiger partial charge in [0.15, 0.2) is 0 Å². The van der Waals surface area contributed by atoms with E-state index in [4.69, 9.17) is 4.74 Å². The van der Waals surface area contributed by atoms with Crippen LogP contribution in [0, 0.1) is 13.8 Å². The van der Waals surface area contributed by atoms with E-state index in [2.05, 4.69) is 20.2 Å². The minimum Gasteiger partial charge on any atom is -0.462 e. The van der Waals surface area contributed by atoms with Crippen molar-refractivity contribution in [2.24, 2.45) is 0 Å². The molecule has 30 heavy (non-hydrogen) atoms. The fourth-order valence-corrected chi connectivity index (χ4v) is 5.54. The largest absolute Gasteiger partial charge is 0.462 e. The quantitative estimate of drug-likeness (QED) is 0.600. The van der Waals surface area contributed by atoms with Gasteiger partial charge in [0.2, 0.25) is 0 Å². The maximum Gasteiger partial charge on any atom is 0.348 e. The van der Waals surface area contributed by atoms with E-state index in [1.54, 1.807) is 13.3 Å². The predicted molar refractivity (Wildman–Crippen MR) is 120 cm³/mol. The summed E-state index contributed by atoms with van der Waals surface area (Å²) in [6.45, 7) is 7.63. The van der Waals surface area contributed by atoms with E-state index in [0.29, 0.717) is 11.5 Å². The Morgan fingerprint density at radius 1 is 1.20 bits per heavy atom. The van der Waals surface area contributed by atoms with Gasteiger partial charge in [0.25, 0.3) is 5.91 Å². The molecule has 3 aromatic rings. The average Bonchev–Trinajstić information content (AvgIpc) is 3.32. The fourth-order valence-electron chi connectivity index (χ4n) is 3.73. The summed E-state index contributed by atoms with van der Waals surface area (Å²) in [5, 5.41) is 4.07. The molecule has 0 radical (unpaired) electrons. The molecule has 1 aliphatic heterocycles. The van der Waals surface area contributed by atoms with E-state index in [-0.39, 0.29) is 17.9 Å². The first kappa shape index (κ1) is 20.7. The van der Waals surface area contributed by atoms with Gasteiger partial charge in [-0.3, -0.25) is 4.79 Å². The van der Waals surface area contributed by atoms with Crippen molar-refractivity contribution in [3.63, 3.8) is 0 Å². The number of ether oxygens (including phenoxy) is 1. The lowest BCUT2D eigenvalue weighted by Crippen LogP contribution is -2.44. The second-order valence-electron chi connectivity index (χ2n) is 7.30. The van der Waals surface area contributed by atoms with Crippen LogP contribution in [0.25, 0.3) is 10.2 Å². The maximum absolute atomic E-state index is 12.4. The highest BCUT2D eigenvalue weighted by molar-refractivity contribution is 7.20. The molecule has 0 aliphatic carbocycles. The van der Waals surface area contributed by atoms with E-state index < -0.39 is 0 Å². The lowest BCUT2D eigenvalue weighted by molar-refractivity contribution is 0.0531. The van der Waals surface area contributed by atoms with E-state index >= 15 is 0 Å². The van der Waals surface area contributed by atoms with Crippen LogP contribution in [-0.4, -0.2) is 47.6 Å². The smallest absolute Gasteiger partial charge is 0.348 e. The van der Waals surface area contributed by atoms with Crippen molar-refractivity contribution >= 4 is 50.6 Å². The summed E-state index contributed by atoms with van der Waals surface area (Å²) in [6.07, 6.45) is 3.24. The molecule has 7 nitrogen and oxygen atoms in total. The zero-order valence-corrected chi connectivity index (χ0v) is 18.9. The number of thiophene rings is 2. The standard InChI is InChI=1S/C21H24N4O3S2/c1-4-28-21(27)17-13(3)16-18(22-11-23-20(16)30-17)25-9-7-14(8-10-25)24-19(26)15-6-5-12(2)29-15/h5-6,11,14H,4,7-10H2,1-3H3,(H,24,26). The molecule has 0 unspecified atom stereocenters. The number of rotatable bonds is 5. The van der Waals surface area contributed by atoms with Gasteiger partial charge in [-0.2, -0.15) is 0 Å². The zero-order valence-electron chi connectivity index (χ0n) is 17.2. The first-order valence-corrected chi connectivity index (χ1v) is 11.6. The van der Waals surface area contributed by atoms with Gasteiger partial charge in [-0.15, -0.1) is 22.7 Å². The molecule has 4 heterocycles. The third-order valence-corrected chi connectivity index (χ3v) is 7.44. The molecule has 1 N–H and O–H groups in total. The first-order chi connectivity index (χ1) is 14.5. The Kier molecular flexibility index (Phi) is 6.01. The molecule has 0 aromatic carbocycles. The van der Waals surface area contributed by atoms with E-state index in [1.807, 2.05) is 26.0 Å². The Hall–Kier alpha value is -2.52. The summed E-state index contributed by atoms with van der Waals surface area (Å²) in [7, 11) is 0. The SMILES string of the molecule is CCOC(=O)c1sc2ncnc(N3CCC(NC(=O)c4ccc(C)s4)CC3)c2c1C. The van der Waals surface area contributed by atoms with Crippen LogP contribution in [0.3, 0.4) is 0 Å². The van der Waals surface area contributed by atoms with Gasteiger partial charge in [-0.25, -0.2) is 14.8 Å². The minimum absolute atomic E-state index is 0.00346. The molecular formula is C21H24N4O3S2. The predicted octanol–water partition coefficient (Wildman–Crippen LogP) is 3.95. The van der Waals surface area contributed by atoms with Crippen molar-refractivity contribution in [3.8, 4) is 0 Å². The molecule has 1 amide bonds. The van der Waals surface area contributed by atoms with Crippen LogP contribution in [-0.2, 0) is 4.74 Å². The second kappa shape index (κ2) is 8.69. The number of nitrogens with zero attached hydrogens (tertiary/aromatic N) is 3. The molecule has 158 valence electrons. The number of hydrogen-bond donors (Lipinski definition) is 1. The number of carbonyl (C=O) groups excluding carboxylic acids is 2. The Morgan fingerprint density at radius 3 is 2.63 bits per heavy atom. The van der Waals surface area contributed by atoms with Crippen LogP contribution >= 0.6 is 22.7 Å². The van der Waals surface area contributed by atoms with E-state index in [1.165, 1.54) is 22.7 Å². The van der Waals surface area contributed by atoms with Crippen molar-refractivity contribution in [2.75, 3.05) is 24.6 Å². The van der Waals surface area contributed by atoms with Gasteiger partial charge in [-0.05, 0) is 51.3 Å². The summed E-state index contributed by atoms with van der Waals surface area (Å²) >= 11 is 2.87. The Morgan fingerprint density at radius 2 is 1.97 bits per heavy atom. The number of aromatic nitrogens is 2. The van der Waals surface area contributed by atoms with Gasteiger partial charge in [-0.1, -0.05) is 0 Å². The number of hydrogen-bond acceptors (Lipinski definition) is 8. The average molecular weight is 445 g/mol. The number of carbonyl (C=O) groups is 2. The lowest BCUT2D eigenvalue weighted by atomic mass is 10.0. The minimum atomic E-state index is -0.311. The summed E-state index contributed by atoms with van der Waals surface area (Å²) in [6, 6.07) is 3.99. The number of esters is 1. The van der Waals surface area contributed by atoms with Crippen molar-refractivity contribution < 1.29 is 14.3 Å². The molecule has 0 saturated carbocycles. The molecular weight excluding hydrogens is 420 g/mol. The topological polar surface area (TPSA) is 84.4 Å². The van der Waals surface area contributed by atoms with Crippen molar-refractivity contribution in [2.45, 2.75) is 39.7 Å². The third kappa shape index (κ3) is 4.04. The molecule has 0 spiro atoms. The third-order valence-electron chi connectivity index (χ3n) is 5.26. The van der Waals surface area contributed by atoms with Crippen molar-refractivity contribution in [1.29, 1.82) is 0 Å². The Bertz CT molecular complexity index is 1080. The van der Waals surface area contributed by atoms with Crippen LogP contribution < -0.4 is 10.2 Å². The van der Waals surface area contributed by atoms with Crippen LogP contribution in [0.2, 0.25) is 0 Å². The number of piperidine rings is 1. The van der Waals surface area contributed by atoms with Crippen LogP contribution in [0.1, 0.15) is 49.5 Å². The number of anilines is 1. The number of fused-ring (bicyclic) bond motifs is 1. The van der Waals surface area contributed by atoms with Gasteiger partial charge >= 0.3 is 5.97 Å². The highest BCUT2D eigenvalue weighted by atomic mass is 32.1. The van der Waals surface area contributed by atoms with Crippen molar-refractivity contribution in [1.82, 2.24) is 15.3 Å². The Labute approximate surface area is 183 Å². The molecule has 3 aromatic heterocycles. The highest BCUT2D eigenvalue weighted by Gasteiger charge is 2.26. The number of aryl methyl sites for hydroxylation is 2. The monoisotopic (exact) mass is 444 g/mol. The molecule has 1 fully saturated rings. The summed E-state index contributed by atoms with van der Waals surface area (Å²) in [5.41, 5.74) is 0.868. The summed E-state index contributed by atoms with van der Waals surface area (Å²) in [5.74, 6) is 0.542. The van der Waals surface area contributed by atoms with Gasteiger partial charge < -0.3 is 15.0 Å². The van der Waals surface area contributed by atoms with Gasteiger partial charge in [0, 0.05) is 24.0 Å². The molecule has 1 saturated heterocycles. The van der Waals surface area contributed by atoms with Gasteiger partial charge in [0.1, 0.15) is 21.9 Å². The van der Waals surface area contributed by atoms with Gasteiger partial charge in [0.05, 0.1) is 16.9 Å². The molecule has 0 atom stereocenters. The summed E-state index contributed by atoms with van der Waals surface area (Å²) < 4.78 is 5.18. The van der Waals surface area contributed by atoms with Crippen LogP contribution in [0.5, 0.6) is 0 Å². The van der Waals surface area contributed by atoms with Crippen molar-refractivity contribution in [3.05, 3.63) is 38.7 Å². The Balaban J connectivity index is 1.48. The first-order valence-electron chi connectivity index (χ1n) is 10.0. The fraction of sp³-hybridized carbons (Fsp3) is 0.429. The molecule has 9 heteroatoms.